The first-order valence-electron chi connectivity index (χ1n) is 5.18. The van der Waals surface area contributed by atoms with E-state index in [2.05, 4.69) is 6.58 Å². The molecular formula is C10H17NO4S. The summed E-state index contributed by atoms with van der Waals surface area (Å²) in [5.41, 5.74) is 0. The molecular weight excluding hydrogens is 230 g/mol. The highest BCUT2D eigenvalue weighted by Gasteiger charge is 2.23. The molecule has 0 aliphatic carbocycles. The summed E-state index contributed by atoms with van der Waals surface area (Å²) in [5.74, 6) is -0.0172. The molecule has 0 saturated carbocycles. The van der Waals surface area contributed by atoms with E-state index in [0.717, 1.165) is 19.1 Å². The van der Waals surface area contributed by atoms with Crippen LogP contribution in [-0.4, -0.2) is 45.2 Å². The van der Waals surface area contributed by atoms with Gasteiger partial charge in [-0.2, -0.15) is 8.42 Å². The number of amides is 1. The second-order valence-electron chi connectivity index (χ2n) is 3.99. The Morgan fingerprint density at radius 3 is 2.88 bits per heavy atom. The molecule has 1 aliphatic heterocycles. The molecule has 1 aliphatic rings. The van der Waals surface area contributed by atoms with Crippen LogP contribution in [0.3, 0.4) is 0 Å². The lowest BCUT2D eigenvalue weighted by Gasteiger charge is -2.31. The second kappa shape index (κ2) is 5.45. The van der Waals surface area contributed by atoms with Crippen molar-refractivity contribution < 1.29 is 17.4 Å². The lowest BCUT2D eigenvalue weighted by molar-refractivity contribution is -0.127. The van der Waals surface area contributed by atoms with Gasteiger partial charge in [0.15, 0.2) is 0 Å². The zero-order valence-electron chi connectivity index (χ0n) is 9.39. The maximum atomic E-state index is 11.4. The fraction of sp³-hybridized carbons (Fsp3) is 0.700. The summed E-state index contributed by atoms with van der Waals surface area (Å²) in [5, 5.41) is 0. The fourth-order valence-electron chi connectivity index (χ4n) is 1.75. The van der Waals surface area contributed by atoms with E-state index in [4.69, 9.17) is 4.18 Å². The average molecular weight is 247 g/mol. The van der Waals surface area contributed by atoms with E-state index in [0.29, 0.717) is 13.1 Å². The minimum Gasteiger partial charge on any atom is -0.339 e. The van der Waals surface area contributed by atoms with Gasteiger partial charge in [0.1, 0.15) is 0 Å². The van der Waals surface area contributed by atoms with E-state index in [1.165, 1.54) is 6.08 Å². The third-order valence-electron chi connectivity index (χ3n) is 2.52. The van der Waals surface area contributed by atoms with Gasteiger partial charge in [0.05, 0.1) is 12.9 Å². The van der Waals surface area contributed by atoms with Gasteiger partial charge in [-0.05, 0) is 18.9 Å². The Bertz CT molecular complexity index is 363. The van der Waals surface area contributed by atoms with Crippen LogP contribution in [0.2, 0.25) is 0 Å². The molecule has 0 bridgehead atoms. The van der Waals surface area contributed by atoms with Gasteiger partial charge in [-0.1, -0.05) is 6.58 Å². The number of piperidine rings is 1. The van der Waals surface area contributed by atoms with Crippen molar-refractivity contribution in [2.24, 2.45) is 5.92 Å². The molecule has 92 valence electrons. The predicted molar refractivity (Wildman–Crippen MR) is 60.3 cm³/mol. The predicted octanol–water partition coefficient (Wildman–Crippen LogP) is 0.387. The van der Waals surface area contributed by atoms with Crippen LogP contribution < -0.4 is 0 Å². The van der Waals surface area contributed by atoms with Crippen LogP contribution in [0.1, 0.15) is 12.8 Å². The van der Waals surface area contributed by atoms with Crippen LogP contribution in [0.15, 0.2) is 12.7 Å². The Kier molecular flexibility index (Phi) is 4.49. The normalized spacial score (nSPS) is 21.8. The van der Waals surface area contributed by atoms with Gasteiger partial charge in [0.25, 0.3) is 10.1 Å². The van der Waals surface area contributed by atoms with Crippen molar-refractivity contribution in [3.63, 3.8) is 0 Å². The highest BCUT2D eigenvalue weighted by atomic mass is 32.2. The van der Waals surface area contributed by atoms with Crippen LogP contribution in [-0.2, 0) is 19.1 Å². The lowest BCUT2D eigenvalue weighted by Crippen LogP contribution is -2.40. The zero-order valence-corrected chi connectivity index (χ0v) is 10.2. The first kappa shape index (κ1) is 13.2. The standard InChI is InChI=1S/C10H17NO4S/c1-3-10(12)11-6-4-5-9(7-11)8-15-16(2,13)14/h3,9H,1,4-8H2,2H3. The summed E-state index contributed by atoms with van der Waals surface area (Å²) in [6.45, 7) is 4.83. The van der Waals surface area contributed by atoms with Crippen molar-refractivity contribution in [2.75, 3.05) is 26.0 Å². The molecule has 0 aromatic carbocycles. The van der Waals surface area contributed by atoms with Crippen molar-refractivity contribution in [1.29, 1.82) is 0 Å². The van der Waals surface area contributed by atoms with Crippen molar-refractivity contribution >= 4 is 16.0 Å². The van der Waals surface area contributed by atoms with Crippen LogP contribution in [0, 0.1) is 5.92 Å². The minimum absolute atomic E-state index is 0.0902. The van der Waals surface area contributed by atoms with Crippen molar-refractivity contribution in [3.8, 4) is 0 Å². The summed E-state index contributed by atoms with van der Waals surface area (Å²) < 4.78 is 26.4. The van der Waals surface area contributed by atoms with E-state index in [9.17, 15) is 13.2 Å². The molecule has 0 radical (unpaired) electrons. The SMILES string of the molecule is C=CC(=O)N1CCCC(COS(C)(=O)=O)C1. The Hall–Kier alpha value is -0.880. The fourth-order valence-corrected chi connectivity index (χ4v) is 2.19. The number of rotatable bonds is 4. The number of likely N-dealkylation sites (tertiary alicyclic amines) is 1. The highest BCUT2D eigenvalue weighted by Crippen LogP contribution is 2.17. The number of carbonyl (C=O) groups is 1. The average Bonchev–Trinajstić information content (AvgIpc) is 2.25. The smallest absolute Gasteiger partial charge is 0.264 e. The van der Waals surface area contributed by atoms with Gasteiger partial charge in [-0.25, -0.2) is 0 Å². The Balaban J connectivity index is 2.45. The van der Waals surface area contributed by atoms with E-state index in [1.807, 2.05) is 0 Å². The van der Waals surface area contributed by atoms with Crippen molar-refractivity contribution in [1.82, 2.24) is 4.90 Å². The quantitative estimate of drug-likeness (QED) is 0.532. The molecule has 0 aromatic rings. The van der Waals surface area contributed by atoms with Gasteiger partial charge in [-0.15, -0.1) is 0 Å². The van der Waals surface area contributed by atoms with E-state index >= 15 is 0 Å². The topological polar surface area (TPSA) is 63.7 Å². The largest absolute Gasteiger partial charge is 0.339 e. The molecule has 1 heterocycles. The van der Waals surface area contributed by atoms with Gasteiger partial charge in [-0.3, -0.25) is 8.98 Å². The molecule has 0 N–H and O–H groups in total. The van der Waals surface area contributed by atoms with Gasteiger partial charge in [0.2, 0.25) is 5.91 Å². The molecule has 1 atom stereocenters. The molecule has 1 rings (SSSR count). The van der Waals surface area contributed by atoms with E-state index in [-0.39, 0.29) is 18.4 Å². The maximum Gasteiger partial charge on any atom is 0.264 e. The molecule has 1 fully saturated rings. The third-order valence-corrected chi connectivity index (χ3v) is 3.09. The summed E-state index contributed by atoms with van der Waals surface area (Å²) in [6, 6.07) is 0. The highest BCUT2D eigenvalue weighted by molar-refractivity contribution is 7.85. The minimum atomic E-state index is -3.39. The molecule has 1 saturated heterocycles. The van der Waals surface area contributed by atoms with Gasteiger partial charge in [0, 0.05) is 19.0 Å². The van der Waals surface area contributed by atoms with Crippen molar-refractivity contribution in [2.45, 2.75) is 12.8 Å². The van der Waals surface area contributed by atoms with Crippen molar-refractivity contribution in [3.05, 3.63) is 12.7 Å². The van der Waals surface area contributed by atoms with Gasteiger partial charge >= 0.3 is 0 Å². The molecule has 1 amide bonds. The number of hydrogen-bond donors (Lipinski definition) is 0. The van der Waals surface area contributed by atoms with E-state index in [1.54, 1.807) is 4.90 Å². The summed E-state index contributed by atoms with van der Waals surface area (Å²) in [6.07, 6.45) is 4.07. The summed E-state index contributed by atoms with van der Waals surface area (Å²) >= 11 is 0. The Morgan fingerprint density at radius 2 is 2.31 bits per heavy atom. The van der Waals surface area contributed by atoms with Gasteiger partial charge < -0.3 is 4.90 Å². The molecule has 6 heteroatoms. The van der Waals surface area contributed by atoms with Crippen LogP contribution in [0.25, 0.3) is 0 Å². The van der Waals surface area contributed by atoms with Crippen LogP contribution in [0.5, 0.6) is 0 Å². The molecule has 0 spiro atoms. The molecule has 1 unspecified atom stereocenters. The zero-order chi connectivity index (χ0) is 12.2. The third kappa shape index (κ3) is 4.32. The lowest BCUT2D eigenvalue weighted by atomic mass is 9.99. The number of hydrogen-bond acceptors (Lipinski definition) is 4. The maximum absolute atomic E-state index is 11.4. The second-order valence-corrected chi connectivity index (χ2v) is 5.63. The van der Waals surface area contributed by atoms with Crippen LogP contribution >= 0.6 is 0 Å². The Morgan fingerprint density at radius 1 is 1.62 bits per heavy atom. The first-order chi connectivity index (χ1) is 7.42. The molecule has 16 heavy (non-hydrogen) atoms. The summed E-state index contributed by atoms with van der Waals surface area (Å²) in [4.78, 5) is 13.0. The Labute approximate surface area is 96.2 Å². The van der Waals surface area contributed by atoms with Crippen LogP contribution in [0.4, 0.5) is 0 Å². The number of nitrogens with zero attached hydrogens (tertiary/aromatic N) is 1. The number of carbonyl (C=O) groups excluding carboxylic acids is 1. The summed E-state index contributed by atoms with van der Waals surface area (Å²) in [7, 11) is -3.39. The first-order valence-corrected chi connectivity index (χ1v) is 7.00. The monoisotopic (exact) mass is 247 g/mol. The van der Waals surface area contributed by atoms with E-state index < -0.39 is 10.1 Å². The molecule has 5 nitrogen and oxygen atoms in total. The molecule has 0 aromatic heterocycles.